The molecule has 3 heteroatoms. The van der Waals surface area contributed by atoms with Crippen LogP contribution in [0.4, 0.5) is 0 Å². The number of phenols is 1. The number of hydrogen-bond acceptors (Lipinski definition) is 2. The predicted octanol–water partition coefficient (Wildman–Crippen LogP) is 7.25. The van der Waals surface area contributed by atoms with Crippen LogP contribution < -0.4 is 0 Å². The molecule has 0 aliphatic heterocycles. The Morgan fingerprint density at radius 1 is 0.818 bits per heavy atom. The highest BCUT2D eigenvalue weighted by atomic mass is 79.9. The Hall–Kier alpha value is -0.150. The maximum atomic E-state index is 9.28. The van der Waals surface area contributed by atoms with Gasteiger partial charge >= 0.3 is 0 Å². The van der Waals surface area contributed by atoms with Gasteiger partial charge in [0.15, 0.2) is 0 Å². The number of halogens is 1. The second-order valence-corrected chi connectivity index (χ2v) is 6.70. The van der Waals surface area contributed by atoms with Crippen LogP contribution in [0.25, 0.3) is 0 Å². The number of aromatic hydroxyl groups is 1. The van der Waals surface area contributed by atoms with Crippen molar-refractivity contribution < 1.29 is 5.11 Å². The van der Waals surface area contributed by atoms with Crippen LogP contribution >= 0.6 is 29.6 Å². The number of rotatable bonds is 12. The first-order valence-corrected chi connectivity index (χ1v) is 9.22. The first-order chi connectivity index (χ1) is 10.2. The number of benzene rings is 1. The van der Waals surface area contributed by atoms with E-state index in [4.69, 9.17) is 0 Å². The molecule has 0 aliphatic rings. The number of hydrogen-bond donors (Lipinski definition) is 2. The fourth-order valence-electron chi connectivity index (χ4n) is 2.69. The molecule has 0 heterocycles. The Labute approximate surface area is 153 Å². The van der Waals surface area contributed by atoms with E-state index < -0.39 is 0 Å². The van der Waals surface area contributed by atoms with Crippen molar-refractivity contribution in [1.82, 2.24) is 0 Å². The third-order valence-corrected chi connectivity index (χ3v) is 4.67. The van der Waals surface area contributed by atoms with Crippen LogP contribution in [0.5, 0.6) is 5.75 Å². The molecule has 0 radical (unpaired) electrons. The van der Waals surface area contributed by atoms with Crippen molar-refractivity contribution in [3.8, 4) is 5.75 Å². The molecule has 1 unspecified atom stereocenters. The van der Waals surface area contributed by atoms with E-state index in [0.717, 1.165) is 6.42 Å². The van der Waals surface area contributed by atoms with Crippen LogP contribution in [0.3, 0.4) is 0 Å². The summed E-state index contributed by atoms with van der Waals surface area (Å²) in [5, 5.41) is 9.58. The Bertz CT molecular complexity index is 353. The molecule has 0 saturated heterocycles. The van der Waals surface area contributed by atoms with Crippen molar-refractivity contribution in [3.63, 3.8) is 0 Å². The first kappa shape index (κ1) is 21.9. The highest BCUT2D eigenvalue weighted by molar-refractivity contribution is 8.93. The van der Waals surface area contributed by atoms with Gasteiger partial charge in [-0.1, -0.05) is 83.3 Å². The summed E-state index contributed by atoms with van der Waals surface area (Å²) < 4.78 is 0. The van der Waals surface area contributed by atoms with Gasteiger partial charge < -0.3 is 5.11 Å². The Morgan fingerprint density at radius 2 is 1.27 bits per heavy atom. The third-order valence-electron chi connectivity index (χ3n) is 4.11. The van der Waals surface area contributed by atoms with Crippen molar-refractivity contribution in [2.75, 3.05) is 0 Å². The number of unbranched alkanes of at least 4 members (excludes halogenated alkanes) is 9. The number of thiol groups is 1. The van der Waals surface area contributed by atoms with E-state index in [9.17, 15) is 5.11 Å². The zero-order valence-electron chi connectivity index (χ0n) is 14.0. The fraction of sp³-hybridized carbons (Fsp3) is 0.684. The molecule has 0 bridgehead atoms. The summed E-state index contributed by atoms with van der Waals surface area (Å²) in [6.07, 6.45) is 14.9. The molecular formula is C19H33BrOS. The summed E-state index contributed by atoms with van der Waals surface area (Å²) in [6.45, 7) is 2.27. The van der Waals surface area contributed by atoms with E-state index >= 15 is 0 Å². The maximum Gasteiger partial charge on any atom is 0.115 e. The van der Waals surface area contributed by atoms with E-state index in [1.165, 1.54) is 69.8 Å². The molecule has 22 heavy (non-hydrogen) atoms. The second-order valence-electron chi connectivity index (χ2n) is 6.08. The van der Waals surface area contributed by atoms with Gasteiger partial charge in [0.05, 0.1) is 0 Å². The lowest BCUT2D eigenvalue weighted by Gasteiger charge is -2.11. The normalized spacial score (nSPS) is 11.9. The molecule has 1 aromatic carbocycles. The zero-order valence-corrected chi connectivity index (χ0v) is 16.6. The van der Waals surface area contributed by atoms with Crippen LogP contribution in [0.1, 0.15) is 88.4 Å². The van der Waals surface area contributed by atoms with E-state index in [1.807, 2.05) is 12.1 Å². The minimum atomic E-state index is 0. The summed E-state index contributed by atoms with van der Waals surface area (Å²) in [7, 11) is 0. The minimum absolute atomic E-state index is 0. The Balaban J connectivity index is 0.00000441. The van der Waals surface area contributed by atoms with Gasteiger partial charge in [0, 0.05) is 5.25 Å². The predicted molar refractivity (Wildman–Crippen MR) is 107 cm³/mol. The van der Waals surface area contributed by atoms with Gasteiger partial charge in [0.25, 0.3) is 0 Å². The highest BCUT2D eigenvalue weighted by Gasteiger charge is 2.05. The lowest BCUT2D eigenvalue weighted by molar-refractivity contribution is 0.475. The van der Waals surface area contributed by atoms with Gasteiger partial charge in [-0.05, 0) is 24.1 Å². The summed E-state index contributed by atoms with van der Waals surface area (Å²) in [6, 6.07) is 7.45. The van der Waals surface area contributed by atoms with E-state index in [2.05, 4.69) is 19.6 Å². The Kier molecular flexibility index (Phi) is 14.3. The van der Waals surface area contributed by atoms with Crippen LogP contribution in [0, 0.1) is 0 Å². The van der Waals surface area contributed by atoms with Gasteiger partial charge in [0.2, 0.25) is 0 Å². The largest absolute Gasteiger partial charge is 0.508 e. The van der Waals surface area contributed by atoms with Gasteiger partial charge in [0.1, 0.15) is 5.75 Å². The molecule has 0 fully saturated rings. The molecule has 1 aromatic rings. The average Bonchev–Trinajstić information content (AvgIpc) is 2.49. The average molecular weight is 389 g/mol. The van der Waals surface area contributed by atoms with Crippen molar-refractivity contribution in [1.29, 1.82) is 0 Å². The van der Waals surface area contributed by atoms with Gasteiger partial charge in [-0.3, -0.25) is 0 Å². The van der Waals surface area contributed by atoms with Gasteiger partial charge in [-0.15, -0.1) is 17.0 Å². The highest BCUT2D eigenvalue weighted by Crippen LogP contribution is 2.27. The molecule has 0 aromatic heterocycles. The molecule has 128 valence electrons. The van der Waals surface area contributed by atoms with Gasteiger partial charge in [-0.2, -0.15) is 12.6 Å². The number of phenolic OH excluding ortho intramolecular Hbond substituents is 1. The Morgan fingerprint density at radius 3 is 1.77 bits per heavy atom. The minimum Gasteiger partial charge on any atom is -0.508 e. The lowest BCUT2D eigenvalue weighted by Crippen LogP contribution is -1.91. The quantitative estimate of drug-likeness (QED) is 0.285. The molecule has 1 N–H and O–H groups in total. The second kappa shape index (κ2) is 14.4. The summed E-state index contributed by atoms with van der Waals surface area (Å²) >= 11 is 4.66. The molecule has 0 saturated carbocycles. The van der Waals surface area contributed by atoms with Crippen LogP contribution in [0.2, 0.25) is 0 Å². The lowest BCUT2D eigenvalue weighted by atomic mass is 10.0. The molecule has 1 atom stereocenters. The monoisotopic (exact) mass is 388 g/mol. The molecule has 0 amide bonds. The fourth-order valence-corrected chi connectivity index (χ4v) is 3.04. The van der Waals surface area contributed by atoms with E-state index in [1.54, 1.807) is 12.1 Å². The van der Waals surface area contributed by atoms with Crippen molar-refractivity contribution in [3.05, 3.63) is 29.8 Å². The first-order valence-electron chi connectivity index (χ1n) is 8.71. The van der Waals surface area contributed by atoms with Crippen LogP contribution in [-0.4, -0.2) is 5.11 Å². The summed E-state index contributed by atoms with van der Waals surface area (Å²) in [5.41, 5.74) is 1.21. The molecule has 0 spiro atoms. The summed E-state index contributed by atoms with van der Waals surface area (Å²) in [4.78, 5) is 0. The van der Waals surface area contributed by atoms with Crippen molar-refractivity contribution in [2.45, 2.75) is 82.8 Å². The SMILES string of the molecule is Br.CCCCCCCCCCCCC(S)c1ccc(O)cc1. The maximum absolute atomic E-state index is 9.28. The zero-order chi connectivity index (χ0) is 15.3. The van der Waals surface area contributed by atoms with E-state index in [0.29, 0.717) is 11.0 Å². The molecule has 1 rings (SSSR count). The third kappa shape index (κ3) is 10.6. The standard InChI is InChI=1S/C19H32OS.BrH/c1-2-3-4-5-6-7-8-9-10-11-12-19(21)17-13-15-18(20)16-14-17;/h13-16,19-21H,2-12H2,1H3;1H. The molecular weight excluding hydrogens is 356 g/mol. The molecule has 1 nitrogen and oxygen atoms in total. The van der Waals surface area contributed by atoms with E-state index in [-0.39, 0.29) is 17.0 Å². The topological polar surface area (TPSA) is 20.2 Å². The van der Waals surface area contributed by atoms with Crippen molar-refractivity contribution >= 4 is 29.6 Å². The van der Waals surface area contributed by atoms with Gasteiger partial charge in [-0.25, -0.2) is 0 Å². The smallest absolute Gasteiger partial charge is 0.115 e. The molecule has 0 aliphatic carbocycles. The van der Waals surface area contributed by atoms with Crippen molar-refractivity contribution in [2.24, 2.45) is 0 Å². The summed E-state index contributed by atoms with van der Waals surface area (Å²) in [5.74, 6) is 0.332. The van der Waals surface area contributed by atoms with Crippen LogP contribution in [-0.2, 0) is 0 Å². The van der Waals surface area contributed by atoms with Crippen LogP contribution in [0.15, 0.2) is 24.3 Å².